The van der Waals surface area contributed by atoms with Gasteiger partial charge in [-0.25, -0.2) is 0 Å². The maximum Gasteiger partial charge on any atom is 0.0493 e. The van der Waals surface area contributed by atoms with Crippen molar-refractivity contribution in [1.82, 2.24) is 0 Å². The molecule has 0 saturated carbocycles. The number of fused-ring (bicyclic) bond motifs is 3. The quantitative estimate of drug-likeness (QED) is 0.300. The highest BCUT2D eigenvalue weighted by atomic mass is 32.1. The minimum absolute atomic E-state index is 0.125. The Morgan fingerprint density at radius 1 is 0.556 bits per heavy atom. The molecule has 0 aromatic carbocycles. The zero-order valence-electron chi connectivity index (χ0n) is 16.4. The van der Waals surface area contributed by atoms with Gasteiger partial charge in [-0.05, 0) is 74.2 Å². The monoisotopic (exact) mass is 426 g/mol. The van der Waals surface area contributed by atoms with Gasteiger partial charge < -0.3 is 0 Å². The van der Waals surface area contributed by atoms with Crippen molar-refractivity contribution in [2.45, 2.75) is 47.0 Å². The SMILES string of the molecule is Cc1cc(C)c(-c2cc(C)c(-c3cc4c(s3)-c3sc(C)cc3C4(C)C)s2)s1. The van der Waals surface area contributed by atoms with E-state index in [4.69, 9.17) is 0 Å². The molecule has 0 radical (unpaired) electrons. The molecule has 0 aliphatic heterocycles. The highest BCUT2D eigenvalue weighted by Crippen LogP contribution is 2.57. The van der Waals surface area contributed by atoms with Gasteiger partial charge in [0.15, 0.2) is 0 Å². The summed E-state index contributed by atoms with van der Waals surface area (Å²) in [6.07, 6.45) is 0. The average Bonchev–Trinajstić information content (AvgIpc) is 3.33. The average molecular weight is 427 g/mol. The van der Waals surface area contributed by atoms with Crippen LogP contribution in [0.15, 0.2) is 24.3 Å². The van der Waals surface area contributed by atoms with E-state index in [9.17, 15) is 0 Å². The molecule has 0 fully saturated rings. The molecule has 4 aromatic heterocycles. The van der Waals surface area contributed by atoms with Crippen molar-refractivity contribution in [3.8, 4) is 29.3 Å². The second kappa shape index (κ2) is 5.90. The topological polar surface area (TPSA) is 0 Å². The van der Waals surface area contributed by atoms with Crippen LogP contribution in [-0.2, 0) is 5.41 Å². The Labute approximate surface area is 177 Å². The first-order chi connectivity index (χ1) is 12.8. The first kappa shape index (κ1) is 17.9. The Bertz CT molecular complexity index is 1190. The molecule has 0 amide bonds. The van der Waals surface area contributed by atoms with Gasteiger partial charge in [0.25, 0.3) is 0 Å². The van der Waals surface area contributed by atoms with Gasteiger partial charge in [0.1, 0.15) is 0 Å². The normalized spacial score (nSPS) is 14.6. The predicted octanol–water partition coefficient (Wildman–Crippen LogP) is 8.81. The molecular formula is C23H22S4. The van der Waals surface area contributed by atoms with E-state index in [1.54, 1.807) is 0 Å². The fourth-order valence-corrected chi connectivity index (χ4v) is 9.33. The minimum Gasteiger partial charge on any atom is -0.139 e. The Balaban J connectivity index is 1.64. The molecule has 4 heterocycles. The Morgan fingerprint density at radius 2 is 1.04 bits per heavy atom. The molecular weight excluding hydrogens is 405 g/mol. The maximum atomic E-state index is 2.47. The fraction of sp³-hybridized carbons (Fsp3) is 0.304. The van der Waals surface area contributed by atoms with Crippen molar-refractivity contribution in [1.29, 1.82) is 0 Å². The number of hydrogen-bond acceptors (Lipinski definition) is 4. The van der Waals surface area contributed by atoms with Crippen LogP contribution < -0.4 is 0 Å². The van der Waals surface area contributed by atoms with Crippen molar-refractivity contribution in [2.75, 3.05) is 0 Å². The van der Waals surface area contributed by atoms with Crippen LogP contribution in [0.4, 0.5) is 0 Å². The smallest absolute Gasteiger partial charge is 0.0493 e. The van der Waals surface area contributed by atoms with E-state index >= 15 is 0 Å². The minimum atomic E-state index is 0.125. The molecule has 0 spiro atoms. The maximum absolute atomic E-state index is 2.47. The van der Waals surface area contributed by atoms with Gasteiger partial charge in [-0.15, -0.1) is 45.3 Å². The molecule has 0 atom stereocenters. The Morgan fingerprint density at radius 3 is 1.74 bits per heavy atom. The van der Waals surface area contributed by atoms with Crippen LogP contribution >= 0.6 is 45.3 Å². The molecule has 0 bridgehead atoms. The molecule has 4 aromatic rings. The van der Waals surface area contributed by atoms with Gasteiger partial charge in [0.2, 0.25) is 0 Å². The zero-order valence-corrected chi connectivity index (χ0v) is 19.7. The third-order valence-corrected chi connectivity index (χ3v) is 10.6. The molecule has 4 heteroatoms. The van der Waals surface area contributed by atoms with Crippen molar-refractivity contribution in [3.63, 3.8) is 0 Å². The molecule has 27 heavy (non-hydrogen) atoms. The largest absolute Gasteiger partial charge is 0.139 e. The highest BCUT2D eigenvalue weighted by molar-refractivity contribution is 7.29. The van der Waals surface area contributed by atoms with Crippen LogP contribution in [0, 0.1) is 27.7 Å². The number of aryl methyl sites for hydroxylation is 4. The first-order valence-electron chi connectivity index (χ1n) is 9.19. The molecule has 5 rings (SSSR count). The van der Waals surface area contributed by atoms with Crippen molar-refractivity contribution >= 4 is 45.3 Å². The molecule has 0 saturated heterocycles. The van der Waals surface area contributed by atoms with Gasteiger partial charge in [-0.1, -0.05) is 13.8 Å². The highest BCUT2D eigenvalue weighted by Gasteiger charge is 2.39. The third-order valence-electron chi connectivity index (χ3n) is 5.55. The molecule has 0 N–H and O–H groups in total. The summed E-state index contributed by atoms with van der Waals surface area (Å²) >= 11 is 7.82. The van der Waals surface area contributed by atoms with Crippen molar-refractivity contribution in [2.24, 2.45) is 0 Å². The third kappa shape index (κ3) is 2.57. The lowest BCUT2D eigenvalue weighted by molar-refractivity contribution is 0.663. The van der Waals surface area contributed by atoms with Crippen LogP contribution in [0.3, 0.4) is 0 Å². The Kier molecular flexibility index (Phi) is 3.90. The summed E-state index contributed by atoms with van der Waals surface area (Å²) < 4.78 is 0. The van der Waals surface area contributed by atoms with E-state index in [1.165, 1.54) is 61.3 Å². The molecule has 0 nitrogen and oxygen atoms in total. The number of rotatable bonds is 2. The number of thiophene rings is 4. The van der Waals surface area contributed by atoms with Gasteiger partial charge in [-0.2, -0.15) is 0 Å². The van der Waals surface area contributed by atoms with Gasteiger partial charge >= 0.3 is 0 Å². The molecule has 138 valence electrons. The Hall–Kier alpha value is -1.20. The summed E-state index contributed by atoms with van der Waals surface area (Å²) in [5.74, 6) is 0. The van der Waals surface area contributed by atoms with E-state index in [0.29, 0.717) is 0 Å². The lowest BCUT2D eigenvalue weighted by atomic mass is 9.84. The molecule has 1 aliphatic carbocycles. The second-order valence-corrected chi connectivity index (χ2v) is 12.7. The summed E-state index contributed by atoms with van der Waals surface area (Å²) in [5.41, 5.74) is 5.96. The van der Waals surface area contributed by atoms with E-state index in [-0.39, 0.29) is 5.41 Å². The second-order valence-electron chi connectivity index (χ2n) is 8.07. The van der Waals surface area contributed by atoms with Crippen molar-refractivity contribution in [3.05, 3.63) is 56.3 Å². The summed E-state index contributed by atoms with van der Waals surface area (Å²) in [5, 5.41) is 0. The van der Waals surface area contributed by atoms with Gasteiger partial charge in [-0.3, -0.25) is 0 Å². The van der Waals surface area contributed by atoms with Crippen LogP contribution in [0.1, 0.15) is 45.9 Å². The van der Waals surface area contributed by atoms with E-state index < -0.39 is 0 Å². The van der Waals surface area contributed by atoms with E-state index in [2.05, 4.69) is 65.8 Å². The lowest BCUT2D eigenvalue weighted by Crippen LogP contribution is -2.13. The van der Waals surface area contributed by atoms with Crippen LogP contribution in [0.25, 0.3) is 29.3 Å². The zero-order chi connectivity index (χ0) is 19.1. The molecule has 0 unspecified atom stereocenters. The van der Waals surface area contributed by atoms with Crippen LogP contribution in [0.2, 0.25) is 0 Å². The summed E-state index contributed by atoms with van der Waals surface area (Å²) in [4.78, 5) is 11.6. The predicted molar refractivity (Wildman–Crippen MR) is 125 cm³/mol. The summed E-state index contributed by atoms with van der Waals surface area (Å²) in [6, 6.07) is 9.55. The standard InChI is InChI=1S/C23H22S4/c1-11-7-13(3)24-19(11)17-8-12(2)20(26-17)18-10-16-22(27-18)21-15(23(16,5)6)9-14(4)25-21/h7-10H,1-6H3. The van der Waals surface area contributed by atoms with Crippen LogP contribution in [0.5, 0.6) is 0 Å². The van der Waals surface area contributed by atoms with E-state index in [0.717, 1.165) is 0 Å². The lowest BCUT2D eigenvalue weighted by Gasteiger charge is -2.19. The molecule has 1 aliphatic rings. The van der Waals surface area contributed by atoms with Gasteiger partial charge in [0, 0.05) is 44.4 Å². The summed E-state index contributed by atoms with van der Waals surface area (Å²) in [6.45, 7) is 13.7. The van der Waals surface area contributed by atoms with Gasteiger partial charge in [0.05, 0.1) is 0 Å². The first-order valence-corrected chi connectivity index (χ1v) is 12.5. The number of hydrogen-bond donors (Lipinski definition) is 0. The van der Waals surface area contributed by atoms with Crippen molar-refractivity contribution < 1.29 is 0 Å². The fourth-order valence-electron chi connectivity index (χ4n) is 4.15. The van der Waals surface area contributed by atoms with Crippen LogP contribution in [-0.4, -0.2) is 0 Å². The summed E-state index contributed by atoms with van der Waals surface area (Å²) in [7, 11) is 0. The van der Waals surface area contributed by atoms with E-state index in [1.807, 2.05) is 45.3 Å².